The molecule has 4 fully saturated rings. The van der Waals surface area contributed by atoms with Crippen LogP contribution in [0.3, 0.4) is 0 Å². The van der Waals surface area contributed by atoms with Crippen molar-refractivity contribution in [2.45, 2.75) is 96.2 Å². The lowest BCUT2D eigenvalue weighted by atomic mass is 9.81. The highest BCUT2D eigenvalue weighted by Crippen LogP contribution is 2.37. The summed E-state index contributed by atoms with van der Waals surface area (Å²) >= 11 is 0. The molecule has 4 atom stereocenters. The lowest BCUT2D eigenvalue weighted by Crippen LogP contribution is -2.58. The van der Waals surface area contributed by atoms with Crippen LogP contribution in [0, 0.1) is 23.7 Å². The summed E-state index contributed by atoms with van der Waals surface area (Å²) in [4.78, 5) is 31.0. The fourth-order valence-corrected chi connectivity index (χ4v) is 5.91. The Morgan fingerprint density at radius 1 is 1.00 bits per heavy atom. The van der Waals surface area contributed by atoms with Crippen molar-refractivity contribution in [3.63, 3.8) is 0 Å². The van der Waals surface area contributed by atoms with E-state index < -0.39 is 0 Å². The number of rotatable bonds is 9. The second-order valence-corrected chi connectivity index (χ2v) is 11.2. The number of piperidine rings is 1. The maximum Gasteiger partial charge on any atom is 0.242 e. The fourth-order valence-electron chi connectivity index (χ4n) is 5.91. The van der Waals surface area contributed by atoms with Gasteiger partial charge in [-0.05, 0) is 82.1 Å². The van der Waals surface area contributed by atoms with Crippen molar-refractivity contribution in [1.82, 2.24) is 15.1 Å². The van der Waals surface area contributed by atoms with Crippen molar-refractivity contribution in [3.8, 4) is 0 Å². The summed E-state index contributed by atoms with van der Waals surface area (Å²) in [5.41, 5.74) is 5.90. The van der Waals surface area contributed by atoms with E-state index in [1.807, 2.05) is 4.90 Å². The number of carbonyl (C=O) groups is 2. The van der Waals surface area contributed by atoms with Gasteiger partial charge in [0.2, 0.25) is 11.8 Å². The zero-order valence-electron chi connectivity index (χ0n) is 19.7. The highest BCUT2D eigenvalue weighted by molar-refractivity contribution is 5.89. The van der Waals surface area contributed by atoms with Gasteiger partial charge in [0.1, 0.15) is 6.04 Å². The molecule has 0 bridgehead atoms. The Bertz CT molecular complexity index is 631. The van der Waals surface area contributed by atoms with Crippen LogP contribution in [-0.4, -0.2) is 65.9 Å². The summed E-state index contributed by atoms with van der Waals surface area (Å²) < 4.78 is 0. The standard InChI is InChI=1S/C25H44N4O2/c1-17(2)16-29(21-8-9-21)22-10-11-28(25(31)20-6-7-20)23(13-22)24(30)27-15-19-5-3-4-18(12-19)14-26/h17-23H,3-16,26H2,1-2H3,(H,27,30)/t18?,19?,22?,23-/m1/s1. The summed E-state index contributed by atoms with van der Waals surface area (Å²) in [5.74, 6) is 2.23. The molecule has 31 heavy (non-hydrogen) atoms. The van der Waals surface area contributed by atoms with Crippen LogP contribution in [0.15, 0.2) is 0 Å². The van der Waals surface area contributed by atoms with Crippen LogP contribution in [0.1, 0.15) is 78.1 Å². The zero-order valence-corrected chi connectivity index (χ0v) is 19.7. The van der Waals surface area contributed by atoms with Crippen molar-refractivity contribution in [2.24, 2.45) is 29.4 Å². The van der Waals surface area contributed by atoms with E-state index in [9.17, 15) is 9.59 Å². The Kier molecular flexibility index (Phi) is 7.58. The van der Waals surface area contributed by atoms with Crippen molar-refractivity contribution < 1.29 is 9.59 Å². The maximum atomic E-state index is 13.4. The first kappa shape index (κ1) is 23.0. The molecule has 1 heterocycles. The zero-order chi connectivity index (χ0) is 22.0. The molecule has 4 aliphatic rings. The van der Waals surface area contributed by atoms with E-state index in [4.69, 9.17) is 5.73 Å². The molecule has 3 unspecified atom stereocenters. The lowest BCUT2D eigenvalue weighted by Gasteiger charge is -2.44. The van der Waals surface area contributed by atoms with Crippen LogP contribution in [0.25, 0.3) is 0 Å². The van der Waals surface area contributed by atoms with Gasteiger partial charge in [0.05, 0.1) is 0 Å². The monoisotopic (exact) mass is 432 g/mol. The van der Waals surface area contributed by atoms with E-state index in [0.717, 1.165) is 58.3 Å². The molecule has 6 heteroatoms. The number of nitrogens with two attached hydrogens (primary N) is 1. The van der Waals surface area contributed by atoms with E-state index in [1.54, 1.807) is 0 Å². The second kappa shape index (κ2) is 10.2. The van der Waals surface area contributed by atoms with Gasteiger partial charge in [-0.2, -0.15) is 0 Å². The second-order valence-electron chi connectivity index (χ2n) is 11.2. The Balaban J connectivity index is 1.39. The molecule has 0 radical (unpaired) electrons. The van der Waals surface area contributed by atoms with Gasteiger partial charge in [0.15, 0.2) is 0 Å². The van der Waals surface area contributed by atoms with Gasteiger partial charge >= 0.3 is 0 Å². The van der Waals surface area contributed by atoms with E-state index in [0.29, 0.717) is 29.8 Å². The molecule has 3 saturated carbocycles. The molecule has 0 aromatic heterocycles. The van der Waals surface area contributed by atoms with Crippen molar-refractivity contribution in [2.75, 3.05) is 26.2 Å². The molecule has 0 spiro atoms. The largest absolute Gasteiger partial charge is 0.354 e. The Labute approximate surface area is 188 Å². The lowest BCUT2D eigenvalue weighted by molar-refractivity contribution is -0.145. The predicted molar refractivity (Wildman–Crippen MR) is 123 cm³/mol. The van der Waals surface area contributed by atoms with Crippen LogP contribution in [0.4, 0.5) is 0 Å². The summed E-state index contributed by atoms with van der Waals surface area (Å²) in [6.07, 6.45) is 11.1. The third-order valence-corrected chi connectivity index (χ3v) is 7.94. The highest BCUT2D eigenvalue weighted by atomic mass is 16.2. The molecule has 176 valence electrons. The molecule has 4 rings (SSSR count). The maximum absolute atomic E-state index is 13.4. The van der Waals surface area contributed by atoms with Crippen molar-refractivity contribution in [1.29, 1.82) is 0 Å². The van der Waals surface area contributed by atoms with E-state index >= 15 is 0 Å². The van der Waals surface area contributed by atoms with Gasteiger partial charge in [-0.3, -0.25) is 14.5 Å². The first-order valence-corrected chi connectivity index (χ1v) is 13.0. The summed E-state index contributed by atoms with van der Waals surface area (Å²) in [5, 5.41) is 3.26. The summed E-state index contributed by atoms with van der Waals surface area (Å²) in [6, 6.07) is 0.816. The number of likely N-dealkylation sites (tertiary alicyclic amines) is 1. The minimum Gasteiger partial charge on any atom is -0.354 e. The Morgan fingerprint density at radius 2 is 1.74 bits per heavy atom. The third kappa shape index (κ3) is 6.01. The first-order valence-electron chi connectivity index (χ1n) is 13.0. The number of nitrogens with one attached hydrogen (secondary N) is 1. The molecule has 0 aromatic carbocycles. The van der Waals surface area contributed by atoms with Crippen LogP contribution in [0.2, 0.25) is 0 Å². The number of amides is 2. The topological polar surface area (TPSA) is 78.7 Å². The number of nitrogens with zero attached hydrogens (tertiary/aromatic N) is 2. The van der Waals surface area contributed by atoms with Gasteiger partial charge in [0, 0.05) is 37.6 Å². The molecule has 2 amide bonds. The quantitative estimate of drug-likeness (QED) is 0.587. The predicted octanol–water partition coefficient (Wildman–Crippen LogP) is 2.76. The molecule has 1 aliphatic heterocycles. The first-order chi connectivity index (χ1) is 15.0. The number of hydrogen-bond donors (Lipinski definition) is 2. The summed E-state index contributed by atoms with van der Waals surface area (Å²) in [6.45, 7) is 7.89. The molecule has 6 nitrogen and oxygen atoms in total. The SMILES string of the molecule is CC(C)CN(C1CC1)C1CCN(C(=O)C2CC2)[C@@H](C(=O)NCC2CCCC(CN)C2)C1. The van der Waals surface area contributed by atoms with Crippen molar-refractivity contribution in [3.05, 3.63) is 0 Å². The Hall–Kier alpha value is -1.14. The van der Waals surface area contributed by atoms with E-state index in [2.05, 4.69) is 24.1 Å². The molecule has 1 saturated heterocycles. The average Bonchev–Trinajstić information content (AvgIpc) is 3.68. The smallest absolute Gasteiger partial charge is 0.242 e. The minimum atomic E-state index is -0.297. The van der Waals surface area contributed by atoms with Crippen LogP contribution >= 0.6 is 0 Å². The van der Waals surface area contributed by atoms with E-state index in [1.165, 1.54) is 32.1 Å². The van der Waals surface area contributed by atoms with E-state index in [-0.39, 0.29) is 23.8 Å². The number of carbonyl (C=O) groups excluding carboxylic acids is 2. The molecular formula is C25H44N4O2. The van der Waals surface area contributed by atoms with Crippen LogP contribution in [-0.2, 0) is 9.59 Å². The van der Waals surface area contributed by atoms with Gasteiger partial charge in [0.25, 0.3) is 0 Å². The third-order valence-electron chi connectivity index (χ3n) is 7.94. The highest BCUT2D eigenvalue weighted by Gasteiger charge is 2.44. The van der Waals surface area contributed by atoms with Crippen molar-refractivity contribution >= 4 is 11.8 Å². The molecule has 0 aromatic rings. The van der Waals surface area contributed by atoms with Crippen LogP contribution in [0.5, 0.6) is 0 Å². The Morgan fingerprint density at radius 3 is 2.39 bits per heavy atom. The average molecular weight is 433 g/mol. The van der Waals surface area contributed by atoms with Gasteiger partial charge in [-0.25, -0.2) is 0 Å². The van der Waals surface area contributed by atoms with Gasteiger partial charge in [-0.15, -0.1) is 0 Å². The molecular weight excluding hydrogens is 388 g/mol. The van der Waals surface area contributed by atoms with Gasteiger partial charge in [-0.1, -0.05) is 20.3 Å². The molecule has 3 N–H and O–H groups in total. The normalized spacial score (nSPS) is 31.8. The van der Waals surface area contributed by atoms with Crippen LogP contribution < -0.4 is 11.1 Å². The fraction of sp³-hybridized carbons (Fsp3) is 0.920. The van der Waals surface area contributed by atoms with Gasteiger partial charge < -0.3 is 16.0 Å². The number of hydrogen-bond acceptors (Lipinski definition) is 4. The molecule has 3 aliphatic carbocycles. The minimum absolute atomic E-state index is 0.0777. The summed E-state index contributed by atoms with van der Waals surface area (Å²) in [7, 11) is 0.